The normalized spacial score (nSPS) is 15.3. The highest BCUT2D eigenvalue weighted by molar-refractivity contribution is 7.80. The fourth-order valence-corrected chi connectivity index (χ4v) is 2.76. The maximum atomic E-state index is 5.64. The molecular formula is C16H24N2O2S. The summed E-state index contributed by atoms with van der Waals surface area (Å²) >= 11 is 5.30. The van der Waals surface area contributed by atoms with Crippen LogP contribution in [0.25, 0.3) is 0 Å². The molecule has 0 aliphatic heterocycles. The van der Waals surface area contributed by atoms with Crippen LogP contribution in [0.15, 0.2) is 24.3 Å². The molecule has 0 unspecified atom stereocenters. The summed E-state index contributed by atoms with van der Waals surface area (Å²) in [5.74, 6) is 1.67. The molecule has 0 bridgehead atoms. The highest BCUT2D eigenvalue weighted by atomic mass is 32.1. The first kappa shape index (κ1) is 15.9. The van der Waals surface area contributed by atoms with E-state index in [9.17, 15) is 0 Å². The molecule has 0 heterocycles. The molecule has 1 aromatic rings. The predicted octanol–water partition coefficient (Wildman–Crippen LogP) is 2.87. The quantitative estimate of drug-likeness (QED) is 0.625. The van der Waals surface area contributed by atoms with Gasteiger partial charge in [-0.15, -0.1) is 0 Å². The number of hydrogen-bond acceptors (Lipinski definition) is 3. The van der Waals surface area contributed by atoms with Crippen molar-refractivity contribution in [3.63, 3.8) is 0 Å². The van der Waals surface area contributed by atoms with Gasteiger partial charge < -0.3 is 20.1 Å². The van der Waals surface area contributed by atoms with Crippen LogP contribution in [0.2, 0.25) is 0 Å². The molecule has 0 spiro atoms. The van der Waals surface area contributed by atoms with E-state index in [1.165, 1.54) is 32.1 Å². The first-order valence-corrected chi connectivity index (χ1v) is 8.00. The summed E-state index contributed by atoms with van der Waals surface area (Å²) < 4.78 is 10.7. The molecule has 1 fully saturated rings. The minimum absolute atomic E-state index is 0.543. The maximum absolute atomic E-state index is 5.64. The van der Waals surface area contributed by atoms with E-state index in [1.807, 2.05) is 24.3 Å². The number of rotatable bonds is 6. The van der Waals surface area contributed by atoms with Crippen molar-refractivity contribution in [2.24, 2.45) is 0 Å². The van der Waals surface area contributed by atoms with Crippen LogP contribution < -0.4 is 20.1 Å². The van der Waals surface area contributed by atoms with E-state index in [2.05, 4.69) is 10.6 Å². The van der Waals surface area contributed by atoms with Crippen molar-refractivity contribution in [3.05, 3.63) is 24.3 Å². The Bertz CT molecular complexity index is 430. The van der Waals surface area contributed by atoms with E-state index in [1.54, 1.807) is 7.11 Å². The summed E-state index contributed by atoms with van der Waals surface area (Å²) in [5, 5.41) is 7.31. The molecule has 5 heteroatoms. The fraction of sp³-hybridized carbons (Fsp3) is 0.562. The second-order valence-corrected chi connectivity index (χ2v) is 5.67. The monoisotopic (exact) mass is 308 g/mol. The molecule has 0 saturated heterocycles. The lowest BCUT2D eigenvalue weighted by Gasteiger charge is -2.24. The molecule has 0 atom stereocenters. The third kappa shape index (κ3) is 5.79. The van der Waals surface area contributed by atoms with Crippen LogP contribution in [-0.2, 0) is 0 Å². The second-order valence-electron chi connectivity index (χ2n) is 5.26. The molecule has 21 heavy (non-hydrogen) atoms. The summed E-state index contributed by atoms with van der Waals surface area (Å²) in [5.41, 5.74) is 0. The number of nitrogens with one attached hydrogen (secondary N) is 2. The zero-order chi connectivity index (χ0) is 14.9. The largest absolute Gasteiger partial charge is 0.497 e. The second kappa shape index (κ2) is 8.72. The Labute approximate surface area is 132 Å². The first-order valence-electron chi connectivity index (χ1n) is 7.59. The van der Waals surface area contributed by atoms with Gasteiger partial charge in [0.15, 0.2) is 5.11 Å². The summed E-state index contributed by atoms with van der Waals surface area (Å²) in [6.45, 7) is 1.28. The van der Waals surface area contributed by atoms with Crippen LogP contribution in [0, 0.1) is 0 Å². The molecule has 1 aromatic carbocycles. The Balaban J connectivity index is 1.58. The Morgan fingerprint density at radius 2 is 1.81 bits per heavy atom. The molecular weight excluding hydrogens is 284 g/mol. The van der Waals surface area contributed by atoms with Crippen molar-refractivity contribution in [2.75, 3.05) is 20.3 Å². The zero-order valence-corrected chi connectivity index (χ0v) is 13.4. The molecule has 116 valence electrons. The molecule has 0 aromatic heterocycles. The molecule has 1 aliphatic rings. The van der Waals surface area contributed by atoms with Gasteiger partial charge in [-0.1, -0.05) is 19.3 Å². The number of hydrogen-bond donors (Lipinski definition) is 2. The minimum Gasteiger partial charge on any atom is -0.497 e. The van der Waals surface area contributed by atoms with Crippen LogP contribution in [0.3, 0.4) is 0 Å². The van der Waals surface area contributed by atoms with E-state index < -0.39 is 0 Å². The van der Waals surface area contributed by atoms with Gasteiger partial charge in [0.1, 0.15) is 18.1 Å². The van der Waals surface area contributed by atoms with Gasteiger partial charge >= 0.3 is 0 Å². The standard InChI is InChI=1S/C16H24N2O2S/c1-19-14-7-9-15(10-8-14)20-12-11-17-16(21)18-13-5-3-2-4-6-13/h7-10,13H,2-6,11-12H2,1H3,(H2,17,18,21). The minimum atomic E-state index is 0.543. The van der Waals surface area contributed by atoms with Gasteiger partial charge in [0.25, 0.3) is 0 Å². The van der Waals surface area contributed by atoms with Crippen molar-refractivity contribution in [1.29, 1.82) is 0 Å². The van der Waals surface area contributed by atoms with E-state index in [0.717, 1.165) is 16.6 Å². The Kier molecular flexibility index (Phi) is 6.60. The molecule has 1 saturated carbocycles. The number of benzene rings is 1. The van der Waals surface area contributed by atoms with Crippen molar-refractivity contribution < 1.29 is 9.47 Å². The van der Waals surface area contributed by atoms with Gasteiger partial charge in [-0.25, -0.2) is 0 Å². The van der Waals surface area contributed by atoms with Gasteiger partial charge in [-0.2, -0.15) is 0 Å². The van der Waals surface area contributed by atoms with Crippen LogP contribution in [0.1, 0.15) is 32.1 Å². The van der Waals surface area contributed by atoms with E-state index in [0.29, 0.717) is 19.2 Å². The summed E-state index contributed by atoms with van der Waals surface area (Å²) in [7, 11) is 1.65. The zero-order valence-electron chi connectivity index (χ0n) is 12.6. The van der Waals surface area contributed by atoms with Gasteiger partial charge in [0.2, 0.25) is 0 Å². The molecule has 2 N–H and O–H groups in total. The van der Waals surface area contributed by atoms with E-state index >= 15 is 0 Å². The van der Waals surface area contributed by atoms with Crippen LogP contribution in [0.4, 0.5) is 0 Å². The van der Waals surface area contributed by atoms with Gasteiger partial charge in [-0.3, -0.25) is 0 Å². The molecule has 4 nitrogen and oxygen atoms in total. The van der Waals surface area contributed by atoms with Crippen molar-refractivity contribution >= 4 is 17.3 Å². The average molecular weight is 308 g/mol. The van der Waals surface area contributed by atoms with Crippen molar-refractivity contribution in [1.82, 2.24) is 10.6 Å². The molecule has 2 rings (SSSR count). The number of thiocarbonyl (C=S) groups is 1. The first-order chi connectivity index (χ1) is 10.3. The Hall–Kier alpha value is -1.49. The van der Waals surface area contributed by atoms with Gasteiger partial charge in [0.05, 0.1) is 13.7 Å². The van der Waals surface area contributed by atoms with Crippen LogP contribution in [0.5, 0.6) is 11.5 Å². The van der Waals surface area contributed by atoms with E-state index in [4.69, 9.17) is 21.7 Å². The third-order valence-electron chi connectivity index (χ3n) is 3.66. The smallest absolute Gasteiger partial charge is 0.166 e. The SMILES string of the molecule is COc1ccc(OCCNC(=S)NC2CCCCC2)cc1. The van der Waals surface area contributed by atoms with Crippen molar-refractivity contribution in [2.45, 2.75) is 38.1 Å². The Morgan fingerprint density at radius 1 is 1.14 bits per heavy atom. The summed E-state index contributed by atoms with van der Waals surface area (Å²) in [6, 6.07) is 8.12. The van der Waals surface area contributed by atoms with Crippen LogP contribution in [-0.4, -0.2) is 31.4 Å². The molecule has 1 aliphatic carbocycles. The molecule has 0 radical (unpaired) electrons. The Morgan fingerprint density at radius 3 is 2.48 bits per heavy atom. The van der Waals surface area contributed by atoms with Crippen molar-refractivity contribution in [3.8, 4) is 11.5 Å². The summed E-state index contributed by atoms with van der Waals surface area (Å²) in [6.07, 6.45) is 6.42. The average Bonchev–Trinajstić information content (AvgIpc) is 2.53. The highest BCUT2D eigenvalue weighted by Gasteiger charge is 2.13. The van der Waals surface area contributed by atoms with Crippen LogP contribution >= 0.6 is 12.2 Å². The van der Waals surface area contributed by atoms with Gasteiger partial charge in [0, 0.05) is 6.04 Å². The fourth-order valence-electron chi connectivity index (χ4n) is 2.49. The maximum Gasteiger partial charge on any atom is 0.166 e. The highest BCUT2D eigenvalue weighted by Crippen LogP contribution is 2.17. The lowest BCUT2D eigenvalue weighted by molar-refractivity contribution is 0.320. The molecule has 0 amide bonds. The predicted molar refractivity (Wildman–Crippen MR) is 89.1 cm³/mol. The lowest BCUT2D eigenvalue weighted by Crippen LogP contribution is -2.43. The van der Waals surface area contributed by atoms with E-state index in [-0.39, 0.29) is 0 Å². The summed E-state index contributed by atoms with van der Waals surface area (Å²) in [4.78, 5) is 0. The number of methoxy groups -OCH3 is 1. The topological polar surface area (TPSA) is 42.5 Å². The number of ether oxygens (including phenoxy) is 2. The van der Waals surface area contributed by atoms with Gasteiger partial charge in [-0.05, 0) is 49.3 Å². The lowest BCUT2D eigenvalue weighted by atomic mass is 9.96. The third-order valence-corrected chi connectivity index (χ3v) is 3.92.